The van der Waals surface area contributed by atoms with E-state index in [2.05, 4.69) is 14.7 Å². The summed E-state index contributed by atoms with van der Waals surface area (Å²) < 4.78 is 4.17. The number of methoxy groups -OCH3 is 1. The predicted octanol–water partition coefficient (Wildman–Crippen LogP) is -1.11. The van der Waals surface area contributed by atoms with Crippen molar-refractivity contribution >= 4 is 11.8 Å². The van der Waals surface area contributed by atoms with E-state index in [0.29, 0.717) is 0 Å². The van der Waals surface area contributed by atoms with Crippen LogP contribution in [-0.4, -0.2) is 44.3 Å². The topological polar surface area (TPSA) is 139 Å². The van der Waals surface area contributed by atoms with Crippen LogP contribution < -0.4 is 0 Å². The number of carbonyl (C=O) groups is 1. The fourth-order valence-corrected chi connectivity index (χ4v) is 1.06. The van der Waals surface area contributed by atoms with Crippen LogP contribution in [-0.2, 0) is 9.53 Å². The Morgan fingerprint density at radius 2 is 2.31 bits per heavy atom. The summed E-state index contributed by atoms with van der Waals surface area (Å²) in [5.41, 5.74) is -0.428. The molecule has 0 radical (unpaired) electrons. The van der Waals surface area contributed by atoms with Crippen LogP contribution in [0, 0.1) is 10.1 Å². The molecule has 9 nitrogen and oxygen atoms in total. The second-order valence-corrected chi connectivity index (χ2v) is 2.81. The van der Waals surface area contributed by atoms with E-state index in [0.717, 1.165) is 13.4 Å². The summed E-state index contributed by atoms with van der Waals surface area (Å²) >= 11 is 0. The molecule has 0 spiro atoms. The first-order valence-electron chi connectivity index (χ1n) is 4.10. The molecule has 1 aromatic rings. The zero-order valence-corrected chi connectivity index (χ0v) is 8.15. The van der Waals surface area contributed by atoms with Gasteiger partial charge in [0.15, 0.2) is 18.1 Å². The lowest BCUT2D eigenvalue weighted by Gasteiger charge is -2.12. The van der Waals surface area contributed by atoms with Crippen molar-refractivity contribution in [2.24, 2.45) is 0 Å². The van der Waals surface area contributed by atoms with Crippen molar-refractivity contribution in [3.05, 3.63) is 22.1 Å². The summed E-state index contributed by atoms with van der Waals surface area (Å²) in [6.45, 7) is 0. The van der Waals surface area contributed by atoms with Gasteiger partial charge in [-0.05, 0) is 4.92 Å². The van der Waals surface area contributed by atoms with Gasteiger partial charge in [0.05, 0.1) is 7.11 Å². The first kappa shape index (κ1) is 12.1. The summed E-state index contributed by atoms with van der Waals surface area (Å²) in [4.78, 5) is 26.2. The molecular weight excluding hydrogens is 222 g/mol. The number of imidazole rings is 1. The number of carbonyl (C=O) groups excluding carboxylic acids is 1. The van der Waals surface area contributed by atoms with Gasteiger partial charge < -0.3 is 25.1 Å². The number of hydrogen-bond donors (Lipinski definition) is 3. The Morgan fingerprint density at radius 3 is 2.81 bits per heavy atom. The van der Waals surface area contributed by atoms with E-state index in [4.69, 9.17) is 0 Å². The van der Waals surface area contributed by atoms with Crippen molar-refractivity contribution in [1.29, 1.82) is 0 Å². The molecule has 88 valence electrons. The Kier molecular flexibility index (Phi) is 3.53. The Balaban J connectivity index is 2.96. The summed E-state index contributed by atoms with van der Waals surface area (Å²) in [7, 11) is 1.01. The molecule has 3 N–H and O–H groups in total. The predicted molar refractivity (Wildman–Crippen MR) is 48.2 cm³/mol. The Labute approximate surface area is 88.8 Å². The molecule has 1 aromatic heterocycles. The number of nitro groups is 1. The summed E-state index contributed by atoms with van der Waals surface area (Å²) in [6.07, 6.45) is -2.77. The third-order valence-electron chi connectivity index (χ3n) is 1.85. The number of aliphatic hydroxyl groups excluding tert-OH is 2. The van der Waals surface area contributed by atoms with Crippen molar-refractivity contribution in [1.82, 2.24) is 9.97 Å². The number of rotatable bonds is 4. The second kappa shape index (κ2) is 4.68. The van der Waals surface area contributed by atoms with E-state index in [9.17, 15) is 25.1 Å². The summed E-state index contributed by atoms with van der Waals surface area (Å²) in [5.74, 6) is -1.69. The highest BCUT2D eigenvalue weighted by molar-refractivity contribution is 5.75. The van der Waals surface area contributed by atoms with Crippen molar-refractivity contribution in [2.75, 3.05) is 7.11 Å². The summed E-state index contributed by atoms with van der Waals surface area (Å²) in [6, 6.07) is 0. The van der Waals surface area contributed by atoms with Crippen molar-refractivity contribution in [3.63, 3.8) is 0 Å². The SMILES string of the molecule is COC(=O)C(O)C(O)c1nc[nH]c1[N+](=O)[O-]. The van der Waals surface area contributed by atoms with Crippen molar-refractivity contribution in [3.8, 4) is 0 Å². The minimum atomic E-state index is -1.92. The molecule has 16 heavy (non-hydrogen) atoms. The van der Waals surface area contributed by atoms with Gasteiger partial charge in [0.1, 0.15) is 6.10 Å². The van der Waals surface area contributed by atoms with Gasteiger partial charge in [-0.3, -0.25) is 0 Å². The normalized spacial score (nSPS) is 14.2. The molecule has 0 bridgehead atoms. The Morgan fingerprint density at radius 1 is 1.69 bits per heavy atom. The number of ether oxygens (including phenoxy) is 1. The number of esters is 1. The van der Waals surface area contributed by atoms with Crippen LogP contribution in [0.4, 0.5) is 5.82 Å². The number of nitrogens with zero attached hydrogens (tertiary/aromatic N) is 2. The fraction of sp³-hybridized carbons (Fsp3) is 0.429. The van der Waals surface area contributed by atoms with Crippen LogP contribution in [0.1, 0.15) is 11.8 Å². The third-order valence-corrected chi connectivity index (χ3v) is 1.85. The Bertz CT molecular complexity index is 403. The van der Waals surface area contributed by atoms with Gasteiger partial charge in [0.2, 0.25) is 0 Å². The van der Waals surface area contributed by atoms with Crippen LogP contribution in [0.3, 0.4) is 0 Å². The first-order valence-corrected chi connectivity index (χ1v) is 4.10. The highest BCUT2D eigenvalue weighted by atomic mass is 16.6. The second-order valence-electron chi connectivity index (χ2n) is 2.81. The lowest BCUT2D eigenvalue weighted by Crippen LogP contribution is -2.29. The molecule has 0 amide bonds. The third kappa shape index (κ3) is 2.15. The van der Waals surface area contributed by atoms with Gasteiger partial charge in [0.25, 0.3) is 0 Å². The van der Waals surface area contributed by atoms with Gasteiger partial charge in [-0.1, -0.05) is 0 Å². The van der Waals surface area contributed by atoms with Gasteiger partial charge in [-0.25, -0.2) is 14.8 Å². The monoisotopic (exact) mass is 231 g/mol. The molecule has 1 rings (SSSR count). The maximum Gasteiger partial charge on any atom is 0.346 e. The molecule has 0 aromatic carbocycles. The van der Waals surface area contributed by atoms with Crippen LogP contribution in [0.5, 0.6) is 0 Å². The van der Waals surface area contributed by atoms with Crippen LogP contribution in [0.2, 0.25) is 0 Å². The minimum Gasteiger partial charge on any atom is -0.467 e. The standard InChI is InChI=1S/C7H9N3O6/c1-16-7(13)5(12)4(11)3-6(10(14)15)9-2-8-3/h2,4-5,11-12H,1H3,(H,8,9). The smallest absolute Gasteiger partial charge is 0.346 e. The average Bonchev–Trinajstić information content (AvgIpc) is 2.74. The number of nitrogens with one attached hydrogen (secondary N) is 1. The van der Waals surface area contributed by atoms with E-state index in [1.807, 2.05) is 0 Å². The summed E-state index contributed by atoms with van der Waals surface area (Å²) in [5, 5.41) is 29.2. The lowest BCUT2D eigenvalue weighted by molar-refractivity contribution is -0.390. The van der Waals surface area contributed by atoms with E-state index >= 15 is 0 Å². The molecule has 0 fully saturated rings. The highest BCUT2D eigenvalue weighted by Gasteiger charge is 2.33. The maximum absolute atomic E-state index is 10.9. The number of aromatic nitrogens is 2. The molecule has 0 aliphatic rings. The molecular formula is C7H9N3O6. The average molecular weight is 231 g/mol. The minimum absolute atomic E-state index is 0.428. The zero-order chi connectivity index (χ0) is 12.3. The molecule has 2 unspecified atom stereocenters. The molecule has 9 heteroatoms. The maximum atomic E-state index is 10.9. The van der Waals surface area contributed by atoms with Crippen molar-refractivity contribution < 1.29 is 24.7 Å². The van der Waals surface area contributed by atoms with Gasteiger partial charge >= 0.3 is 11.8 Å². The number of aliphatic hydroxyl groups is 2. The first-order chi connectivity index (χ1) is 7.49. The number of H-pyrrole nitrogens is 1. The molecule has 0 aliphatic carbocycles. The molecule has 0 saturated heterocycles. The van der Waals surface area contributed by atoms with E-state index < -0.39 is 34.6 Å². The van der Waals surface area contributed by atoms with Crippen LogP contribution in [0.15, 0.2) is 6.33 Å². The van der Waals surface area contributed by atoms with E-state index in [1.165, 1.54) is 0 Å². The molecule has 0 aliphatic heterocycles. The van der Waals surface area contributed by atoms with E-state index in [-0.39, 0.29) is 0 Å². The van der Waals surface area contributed by atoms with E-state index in [1.54, 1.807) is 0 Å². The lowest BCUT2D eigenvalue weighted by atomic mass is 10.1. The van der Waals surface area contributed by atoms with Gasteiger partial charge in [-0.15, -0.1) is 0 Å². The molecule has 1 heterocycles. The Hall–Kier alpha value is -2.00. The van der Waals surface area contributed by atoms with Crippen molar-refractivity contribution in [2.45, 2.75) is 12.2 Å². The van der Waals surface area contributed by atoms with Crippen LogP contribution in [0.25, 0.3) is 0 Å². The molecule has 2 atom stereocenters. The zero-order valence-electron chi connectivity index (χ0n) is 8.15. The number of aromatic amines is 1. The number of hydrogen-bond acceptors (Lipinski definition) is 7. The largest absolute Gasteiger partial charge is 0.467 e. The van der Waals surface area contributed by atoms with Crippen LogP contribution >= 0.6 is 0 Å². The fourth-order valence-electron chi connectivity index (χ4n) is 1.06. The van der Waals surface area contributed by atoms with Gasteiger partial charge in [-0.2, -0.15) is 0 Å². The molecule has 0 saturated carbocycles. The highest BCUT2D eigenvalue weighted by Crippen LogP contribution is 2.23. The quantitative estimate of drug-likeness (QED) is 0.339. The van der Waals surface area contributed by atoms with Gasteiger partial charge in [0, 0.05) is 0 Å².